The van der Waals surface area contributed by atoms with Crippen molar-refractivity contribution in [3.05, 3.63) is 35.9 Å². The molecule has 2 bridgehead atoms. The van der Waals surface area contributed by atoms with Crippen LogP contribution in [0.1, 0.15) is 23.2 Å². The van der Waals surface area contributed by atoms with Crippen LogP contribution in [0.25, 0.3) is 0 Å². The summed E-state index contributed by atoms with van der Waals surface area (Å²) in [4.78, 5) is 26.9. The van der Waals surface area contributed by atoms with Gasteiger partial charge in [-0.3, -0.25) is 9.69 Å². The van der Waals surface area contributed by atoms with E-state index in [1.807, 2.05) is 13.1 Å². The quantitative estimate of drug-likeness (QED) is 0.420. The summed E-state index contributed by atoms with van der Waals surface area (Å²) < 4.78 is 11.1. The number of methoxy groups -OCH3 is 1. The van der Waals surface area contributed by atoms with Crippen molar-refractivity contribution < 1.29 is 19.1 Å². The molecule has 2 aliphatic rings. The zero-order chi connectivity index (χ0) is 16.6. The Bertz CT molecular complexity index is 594. The molecule has 0 aromatic heterocycles. The van der Waals surface area contributed by atoms with Crippen LogP contribution in [-0.4, -0.2) is 53.1 Å². The highest BCUT2D eigenvalue weighted by Crippen LogP contribution is 2.43. The van der Waals surface area contributed by atoms with Gasteiger partial charge in [-0.05, 0) is 25.6 Å². The molecule has 6 heteroatoms. The van der Waals surface area contributed by atoms with E-state index in [-0.39, 0.29) is 18.0 Å². The number of ether oxygens (including phenoxy) is 2. The Labute approximate surface area is 149 Å². The maximum atomic E-state index is 12.4. The summed E-state index contributed by atoms with van der Waals surface area (Å²) in [5.74, 6) is -1.11. The lowest BCUT2D eigenvalue weighted by molar-refractivity contribution is -0.155. The third kappa shape index (κ3) is 3.10. The molecule has 0 N–H and O–H groups in total. The molecule has 0 unspecified atom stereocenters. The highest BCUT2D eigenvalue weighted by molar-refractivity contribution is 14.1. The number of piperidine rings is 1. The number of rotatable bonds is 3. The monoisotopic (exact) mass is 429 g/mol. The van der Waals surface area contributed by atoms with Gasteiger partial charge in [0.1, 0.15) is 12.0 Å². The van der Waals surface area contributed by atoms with E-state index in [9.17, 15) is 9.59 Å². The first-order chi connectivity index (χ1) is 11.0. The molecule has 2 fully saturated rings. The molecule has 0 saturated carbocycles. The lowest BCUT2D eigenvalue weighted by atomic mass is 9.87. The molecule has 0 spiro atoms. The van der Waals surface area contributed by atoms with E-state index in [4.69, 9.17) is 9.47 Å². The summed E-state index contributed by atoms with van der Waals surface area (Å²) in [5.41, 5.74) is 0.508. The largest absolute Gasteiger partial charge is 0.469 e. The van der Waals surface area contributed by atoms with Crippen LogP contribution < -0.4 is 0 Å². The van der Waals surface area contributed by atoms with Gasteiger partial charge in [0.15, 0.2) is 0 Å². The molecule has 3 rings (SSSR count). The van der Waals surface area contributed by atoms with Gasteiger partial charge >= 0.3 is 11.9 Å². The average Bonchev–Trinajstić information content (AvgIpc) is 2.74. The van der Waals surface area contributed by atoms with Gasteiger partial charge in [-0.2, -0.15) is 0 Å². The topological polar surface area (TPSA) is 55.8 Å². The molecular weight excluding hydrogens is 409 g/mol. The first-order valence-corrected chi connectivity index (χ1v) is 8.97. The van der Waals surface area contributed by atoms with Gasteiger partial charge in [-0.1, -0.05) is 40.8 Å². The minimum atomic E-state index is -0.432. The van der Waals surface area contributed by atoms with Gasteiger partial charge in [-0.15, -0.1) is 0 Å². The predicted molar refractivity (Wildman–Crippen MR) is 93.5 cm³/mol. The Kier molecular flexibility index (Phi) is 4.91. The number of benzene rings is 1. The zero-order valence-electron chi connectivity index (χ0n) is 13.1. The first-order valence-electron chi connectivity index (χ1n) is 7.72. The Morgan fingerprint density at radius 1 is 1.22 bits per heavy atom. The number of nitrogens with zero attached hydrogens (tertiary/aromatic N) is 1. The van der Waals surface area contributed by atoms with Crippen LogP contribution in [0.3, 0.4) is 0 Å². The van der Waals surface area contributed by atoms with E-state index < -0.39 is 12.0 Å². The molecule has 124 valence electrons. The standard InChI is InChI=1S/C17H20INO4/c1-19-11-8-12(18)15(19)14(17(21)22-2)13(9-11)23-16(20)10-6-4-3-5-7-10/h3-7,11-15H,8-9H2,1-2H3/t11-,12-,13-,14-,15+/m0/s1. The lowest BCUT2D eigenvalue weighted by Gasteiger charge is -2.41. The maximum absolute atomic E-state index is 12.4. The molecule has 2 saturated heterocycles. The fraction of sp³-hybridized carbons (Fsp3) is 0.529. The second kappa shape index (κ2) is 6.76. The number of hydrogen-bond donors (Lipinski definition) is 0. The second-order valence-electron chi connectivity index (χ2n) is 6.16. The SMILES string of the molecule is COC(=O)[C@@H]1[C@H]2[C@@H](I)C[C@@H](C[C@@H]1OC(=O)c1ccccc1)N2C. The highest BCUT2D eigenvalue weighted by Gasteiger charge is 2.54. The number of fused-ring (bicyclic) bond motifs is 2. The van der Waals surface area contributed by atoms with Gasteiger partial charge in [0.25, 0.3) is 0 Å². The molecule has 2 heterocycles. The molecule has 0 amide bonds. The smallest absolute Gasteiger partial charge is 0.338 e. The predicted octanol–water partition coefficient (Wildman–Crippen LogP) is 2.28. The van der Waals surface area contributed by atoms with E-state index in [1.54, 1.807) is 24.3 Å². The van der Waals surface area contributed by atoms with Crippen molar-refractivity contribution in [1.29, 1.82) is 0 Å². The lowest BCUT2D eigenvalue weighted by Crippen LogP contribution is -2.55. The van der Waals surface area contributed by atoms with E-state index in [0.717, 1.165) is 6.42 Å². The number of carbonyl (C=O) groups is 2. The molecule has 0 radical (unpaired) electrons. The first kappa shape index (κ1) is 16.7. The van der Waals surface area contributed by atoms with Crippen LogP contribution in [0.15, 0.2) is 30.3 Å². The summed E-state index contributed by atoms with van der Waals surface area (Å²) in [5, 5.41) is 0. The summed E-state index contributed by atoms with van der Waals surface area (Å²) in [6.07, 6.45) is 1.25. The van der Waals surface area contributed by atoms with Gasteiger partial charge in [0, 0.05) is 22.4 Å². The Morgan fingerprint density at radius 2 is 1.91 bits per heavy atom. The summed E-state index contributed by atoms with van der Waals surface area (Å²) in [6, 6.07) is 9.29. The third-order valence-corrected chi connectivity index (χ3v) is 6.17. The van der Waals surface area contributed by atoms with Crippen LogP contribution in [-0.2, 0) is 14.3 Å². The van der Waals surface area contributed by atoms with Crippen molar-refractivity contribution in [2.24, 2.45) is 5.92 Å². The van der Waals surface area contributed by atoms with Crippen molar-refractivity contribution in [2.75, 3.05) is 14.2 Å². The average molecular weight is 429 g/mol. The summed E-state index contributed by atoms with van der Waals surface area (Å²) in [7, 11) is 3.43. The minimum absolute atomic E-state index is 0.0513. The Morgan fingerprint density at radius 3 is 2.57 bits per heavy atom. The van der Waals surface area contributed by atoms with E-state index >= 15 is 0 Å². The number of alkyl halides is 1. The van der Waals surface area contributed by atoms with Crippen LogP contribution in [0.5, 0.6) is 0 Å². The number of carbonyl (C=O) groups excluding carboxylic acids is 2. The molecule has 1 aromatic carbocycles. The van der Waals surface area contributed by atoms with Crippen LogP contribution >= 0.6 is 22.6 Å². The Balaban J connectivity index is 1.82. The van der Waals surface area contributed by atoms with Gasteiger partial charge in [-0.25, -0.2) is 4.79 Å². The maximum Gasteiger partial charge on any atom is 0.338 e. The van der Waals surface area contributed by atoms with E-state index in [1.165, 1.54) is 7.11 Å². The van der Waals surface area contributed by atoms with Crippen LogP contribution in [0.4, 0.5) is 0 Å². The van der Waals surface area contributed by atoms with Crippen molar-refractivity contribution in [3.63, 3.8) is 0 Å². The third-order valence-electron chi connectivity index (χ3n) is 4.93. The van der Waals surface area contributed by atoms with Gasteiger partial charge in [0.05, 0.1) is 12.7 Å². The summed E-state index contributed by atoms with van der Waals surface area (Å²) >= 11 is 2.39. The molecule has 0 aliphatic carbocycles. The second-order valence-corrected chi connectivity index (χ2v) is 7.76. The highest BCUT2D eigenvalue weighted by atomic mass is 127. The molecule has 1 aromatic rings. The normalized spacial score (nSPS) is 33.3. The minimum Gasteiger partial charge on any atom is -0.469 e. The fourth-order valence-corrected chi connectivity index (χ4v) is 5.31. The van der Waals surface area contributed by atoms with Crippen molar-refractivity contribution in [2.45, 2.75) is 35.0 Å². The number of halogens is 1. The molecule has 2 aliphatic heterocycles. The van der Waals surface area contributed by atoms with E-state index in [2.05, 4.69) is 27.5 Å². The molecular formula is C17H20INO4. The van der Waals surface area contributed by atoms with Crippen LogP contribution in [0.2, 0.25) is 0 Å². The van der Waals surface area contributed by atoms with Crippen molar-refractivity contribution in [1.82, 2.24) is 4.90 Å². The number of esters is 2. The van der Waals surface area contributed by atoms with Gasteiger partial charge in [0.2, 0.25) is 0 Å². The van der Waals surface area contributed by atoms with Crippen molar-refractivity contribution >= 4 is 34.5 Å². The Hall–Kier alpha value is -1.15. The van der Waals surface area contributed by atoms with Crippen molar-refractivity contribution in [3.8, 4) is 0 Å². The summed E-state index contributed by atoms with van der Waals surface area (Å²) in [6.45, 7) is 0. The molecule has 23 heavy (non-hydrogen) atoms. The molecule has 5 atom stereocenters. The van der Waals surface area contributed by atoms with Crippen LogP contribution in [0, 0.1) is 5.92 Å². The molecule has 5 nitrogen and oxygen atoms in total. The van der Waals surface area contributed by atoms with Gasteiger partial charge < -0.3 is 9.47 Å². The number of hydrogen-bond acceptors (Lipinski definition) is 5. The van der Waals surface area contributed by atoms with E-state index in [0.29, 0.717) is 22.0 Å². The zero-order valence-corrected chi connectivity index (χ0v) is 15.3. The fourth-order valence-electron chi connectivity index (χ4n) is 3.77.